The van der Waals surface area contributed by atoms with Gasteiger partial charge < -0.3 is 15.7 Å². The summed E-state index contributed by atoms with van der Waals surface area (Å²) >= 11 is 12.9. The largest absolute Gasteiger partial charge is 0.478 e. The van der Waals surface area contributed by atoms with Gasteiger partial charge in [-0.05, 0) is 72.7 Å². The molecule has 7 rings (SSSR count). The number of amides is 1. The first-order chi connectivity index (χ1) is 18.4. The van der Waals surface area contributed by atoms with E-state index in [1.54, 1.807) is 12.1 Å². The molecule has 0 aromatic heterocycles. The van der Waals surface area contributed by atoms with Crippen molar-refractivity contribution in [3.8, 4) is 0 Å². The number of hydrogen-bond acceptors (Lipinski definition) is 4. The van der Waals surface area contributed by atoms with E-state index in [9.17, 15) is 14.7 Å². The fraction of sp³-hybridized carbons (Fsp3) is 0.333. The third kappa shape index (κ3) is 3.62. The maximum Gasteiger partial charge on any atom is 0.335 e. The van der Waals surface area contributed by atoms with Crippen LogP contribution in [0.25, 0.3) is 0 Å². The molecule has 5 atom stereocenters. The molecule has 3 fully saturated rings. The van der Waals surface area contributed by atoms with Crippen molar-refractivity contribution >= 4 is 40.8 Å². The molecule has 3 aliphatic heterocycles. The molecule has 0 bridgehead atoms. The number of aromatic carboxylic acids is 1. The van der Waals surface area contributed by atoms with Gasteiger partial charge >= 0.3 is 5.97 Å². The standard InChI is InChI=1S/C30H27Cl2N3O3/c31-20-3-1-2-19(12-20)26-27-25(14-23(33-27)17-6-8-18(9-7-17)28(36)37)35(15-16-4-5-16)30(26)22-11-10-21(32)13-24(22)34-29(30)38/h1-3,6-13,16,23,25-27,33H,4-5,14-15H2,(H,34,38)(H,36,37). The van der Waals surface area contributed by atoms with Crippen molar-refractivity contribution in [2.45, 2.75) is 48.8 Å². The van der Waals surface area contributed by atoms with Crippen molar-refractivity contribution in [3.63, 3.8) is 0 Å². The molecule has 194 valence electrons. The molecule has 4 aliphatic rings. The molecule has 6 nitrogen and oxygen atoms in total. The predicted octanol–water partition coefficient (Wildman–Crippen LogP) is 5.82. The van der Waals surface area contributed by atoms with Gasteiger partial charge in [0.2, 0.25) is 5.91 Å². The maximum atomic E-state index is 14.2. The highest BCUT2D eigenvalue weighted by atomic mass is 35.5. The Labute approximate surface area is 230 Å². The Hall–Kier alpha value is -2.90. The fourth-order valence-corrected chi connectivity index (χ4v) is 7.49. The monoisotopic (exact) mass is 547 g/mol. The lowest BCUT2D eigenvalue weighted by Gasteiger charge is -2.41. The lowest BCUT2D eigenvalue weighted by Crippen LogP contribution is -2.53. The number of nitrogens with zero attached hydrogens (tertiary/aromatic N) is 1. The zero-order valence-corrected chi connectivity index (χ0v) is 22.0. The van der Waals surface area contributed by atoms with Crippen LogP contribution in [0.15, 0.2) is 66.7 Å². The zero-order valence-electron chi connectivity index (χ0n) is 20.5. The van der Waals surface area contributed by atoms with E-state index < -0.39 is 11.5 Å². The number of hydrogen-bond donors (Lipinski definition) is 3. The Morgan fingerprint density at radius 3 is 2.47 bits per heavy atom. The quantitative estimate of drug-likeness (QED) is 0.375. The van der Waals surface area contributed by atoms with Gasteiger partial charge in [0.1, 0.15) is 5.54 Å². The van der Waals surface area contributed by atoms with E-state index in [0.717, 1.165) is 35.3 Å². The number of nitrogens with one attached hydrogen (secondary N) is 2. The highest BCUT2D eigenvalue weighted by Gasteiger charge is 2.68. The van der Waals surface area contributed by atoms with Crippen LogP contribution in [-0.4, -0.2) is 40.5 Å². The highest BCUT2D eigenvalue weighted by Crippen LogP contribution is 2.60. The molecule has 8 heteroatoms. The van der Waals surface area contributed by atoms with E-state index in [1.165, 1.54) is 12.8 Å². The van der Waals surface area contributed by atoms with Crippen LogP contribution in [0.1, 0.15) is 58.3 Å². The molecule has 5 unspecified atom stereocenters. The number of halogens is 2. The second-order valence-electron chi connectivity index (χ2n) is 11.0. The second kappa shape index (κ2) is 8.82. The summed E-state index contributed by atoms with van der Waals surface area (Å²) in [5.41, 5.74) is 3.22. The van der Waals surface area contributed by atoms with E-state index in [2.05, 4.69) is 21.6 Å². The van der Waals surface area contributed by atoms with Gasteiger partial charge in [-0.25, -0.2) is 4.79 Å². The molecule has 3 heterocycles. The van der Waals surface area contributed by atoms with Crippen LogP contribution in [0.2, 0.25) is 10.0 Å². The number of likely N-dealkylation sites (tertiary alicyclic amines) is 1. The second-order valence-corrected chi connectivity index (χ2v) is 11.9. The van der Waals surface area contributed by atoms with E-state index >= 15 is 0 Å². The van der Waals surface area contributed by atoms with Gasteiger partial charge in [0.15, 0.2) is 0 Å². The number of rotatable bonds is 5. The van der Waals surface area contributed by atoms with Gasteiger partial charge in [-0.2, -0.15) is 0 Å². The zero-order chi connectivity index (χ0) is 26.2. The summed E-state index contributed by atoms with van der Waals surface area (Å²) in [5.74, 6) is -0.560. The molecular weight excluding hydrogens is 521 g/mol. The molecule has 0 radical (unpaired) electrons. The Bertz CT molecular complexity index is 1460. The van der Waals surface area contributed by atoms with Gasteiger partial charge in [-0.3, -0.25) is 9.69 Å². The average Bonchev–Trinajstić information content (AvgIpc) is 3.46. The van der Waals surface area contributed by atoms with Crippen molar-refractivity contribution < 1.29 is 14.7 Å². The highest BCUT2D eigenvalue weighted by molar-refractivity contribution is 6.31. The number of fused-ring (bicyclic) bond motifs is 3. The summed E-state index contributed by atoms with van der Waals surface area (Å²) in [6.45, 7) is 0.847. The van der Waals surface area contributed by atoms with Crippen LogP contribution in [0.5, 0.6) is 0 Å². The van der Waals surface area contributed by atoms with Crippen molar-refractivity contribution in [1.29, 1.82) is 0 Å². The van der Waals surface area contributed by atoms with Gasteiger partial charge in [0.05, 0.1) is 5.56 Å². The number of carboxylic acids is 1. The normalized spacial score (nSPS) is 29.9. The van der Waals surface area contributed by atoms with Crippen molar-refractivity contribution in [2.75, 3.05) is 11.9 Å². The SMILES string of the molecule is O=C(O)c1ccc(C2CC3C(N2)C(c2cccc(Cl)c2)C2(C(=O)Nc4cc(Cl)ccc42)N3CC2CC2)cc1. The lowest BCUT2D eigenvalue weighted by atomic mass is 9.74. The van der Waals surface area contributed by atoms with E-state index in [0.29, 0.717) is 16.0 Å². The van der Waals surface area contributed by atoms with Gasteiger partial charge in [0, 0.05) is 51.9 Å². The Balaban J connectivity index is 1.37. The third-order valence-corrected chi connectivity index (χ3v) is 9.32. The summed E-state index contributed by atoms with van der Waals surface area (Å²) in [7, 11) is 0. The molecule has 1 aliphatic carbocycles. The summed E-state index contributed by atoms with van der Waals surface area (Å²) in [6, 6.07) is 20.9. The minimum absolute atomic E-state index is 0.0104. The molecule has 38 heavy (non-hydrogen) atoms. The van der Waals surface area contributed by atoms with Crippen molar-refractivity contribution in [2.24, 2.45) is 5.92 Å². The van der Waals surface area contributed by atoms with Crippen LogP contribution >= 0.6 is 23.2 Å². The lowest BCUT2D eigenvalue weighted by molar-refractivity contribution is -0.128. The van der Waals surface area contributed by atoms with Gasteiger partial charge in [0.25, 0.3) is 0 Å². The van der Waals surface area contributed by atoms with Crippen LogP contribution in [0, 0.1) is 5.92 Å². The first-order valence-electron chi connectivity index (χ1n) is 13.1. The van der Waals surface area contributed by atoms with E-state index in [-0.39, 0.29) is 35.5 Å². The summed E-state index contributed by atoms with van der Waals surface area (Å²) in [5, 5.41) is 17.6. The van der Waals surface area contributed by atoms with Crippen LogP contribution in [0.4, 0.5) is 5.69 Å². The van der Waals surface area contributed by atoms with E-state index in [1.807, 2.05) is 48.5 Å². The maximum absolute atomic E-state index is 14.2. The third-order valence-electron chi connectivity index (χ3n) is 8.85. The smallest absolute Gasteiger partial charge is 0.335 e. The summed E-state index contributed by atoms with van der Waals surface area (Å²) in [6.07, 6.45) is 3.17. The average molecular weight is 548 g/mol. The van der Waals surface area contributed by atoms with Crippen LogP contribution < -0.4 is 10.6 Å². The molecule has 1 spiro atoms. The number of carbonyl (C=O) groups is 2. The molecule has 3 aromatic carbocycles. The minimum Gasteiger partial charge on any atom is -0.478 e. The summed E-state index contributed by atoms with van der Waals surface area (Å²) < 4.78 is 0. The molecule has 3 N–H and O–H groups in total. The van der Waals surface area contributed by atoms with Gasteiger partial charge in [-0.15, -0.1) is 0 Å². The number of benzene rings is 3. The number of carbonyl (C=O) groups excluding carboxylic acids is 1. The Morgan fingerprint density at radius 2 is 1.76 bits per heavy atom. The summed E-state index contributed by atoms with van der Waals surface area (Å²) in [4.78, 5) is 28.1. The molecule has 2 saturated heterocycles. The fourth-order valence-electron chi connectivity index (χ4n) is 7.12. The van der Waals surface area contributed by atoms with Crippen LogP contribution in [-0.2, 0) is 10.3 Å². The molecule has 3 aromatic rings. The Morgan fingerprint density at radius 1 is 1.00 bits per heavy atom. The molecule has 1 saturated carbocycles. The number of carboxylic acid groups (broad SMARTS) is 1. The topological polar surface area (TPSA) is 81.7 Å². The minimum atomic E-state index is -0.933. The molecular formula is C30H27Cl2N3O3. The molecule has 1 amide bonds. The first-order valence-corrected chi connectivity index (χ1v) is 13.8. The Kier molecular flexibility index (Phi) is 5.61. The number of anilines is 1. The predicted molar refractivity (Wildman–Crippen MR) is 147 cm³/mol. The first kappa shape index (κ1) is 24.2. The van der Waals surface area contributed by atoms with Gasteiger partial charge in [-0.1, -0.05) is 53.5 Å². The van der Waals surface area contributed by atoms with Crippen molar-refractivity contribution in [3.05, 3.63) is 99.0 Å². The van der Waals surface area contributed by atoms with Crippen molar-refractivity contribution in [1.82, 2.24) is 10.2 Å². The van der Waals surface area contributed by atoms with Crippen LogP contribution in [0.3, 0.4) is 0 Å². The van der Waals surface area contributed by atoms with E-state index in [4.69, 9.17) is 23.2 Å².